The number of benzene rings is 1. The second-order valence-corrected chi connectivity index (χ2v) is 5.49. The Balaban J connectivity index is 1.98. The third-order valence-corrected chi connectivity index (χ3v) is 3.84. The summed E-state index contributed by atoms with van der Waals surface area (Å²) < 4.78 is 0. The van der Waals surface area contributed by atoms with E-state index in [0.717, 1.165) is 32.5 Å². The zero-order valence-electron chi connectivity index (χ0n) is 11.2. The van der Waals surface area contributed by atoms with Crippen molar-refractivity contribution >= 4 is 0 Å². The molecule has 0 bridgehead atoms. The molecule has 0 saturated carbocycles. The first-order valence-corrected chi connectivity index (χ1v) is 6.82. The number of nitrogens with zero attached hydrogens (tertiary/aromatic N) is 1. The summed E-state index contributed by atoms with van der Waals surface area (Å²) >= 11 is 0. The molecular formula is C15H24N2O. The van der Waals surface area contributed by atoms with Crippen LogP contribution in [0.25, 0.3) is 0 Å². The minimum Gasteiger partial charge on any atom is -0.396 e. The van der Waals surface area contributed by atoms with Crippen molar-refractivity contribution in [3.63, 3.8) is 0 Å². The molecule has 3 N–H and O–H groups in total. The lowest BCUT2D eigenvalue weighted by Gasteiger charge is -2.36. The average Bonchev–Trinajstić information content (AvgIpc) is 2.32. The second kappa shape index (κ2) is 6.32. The van der Waals surface area contributed by atoms with Gasteiger partial charge in [0.15, 0.2) is 0 Å². The van der Waals surface area contributed by atoms with Gasteiger partial charge in [0.1, 0.15) is 0 Å². The van der Waals surface area contributed by atoms with Crippen molar-refractivity contribution in [3.8, 4) is 0 Å². The van der Waals surface area contributed by atoms with E-state index in [0.29, 0.717) is 5.92 Å². The zero-order chi connectivity index (χ0) is 13.0. The van der Waals surface area contributed by atoms with Gasteiger partial charge in [-0.1, -0.05) is 24.3 Å². The number of piperidine rings is 1. The van der Waals surface area contributed by atoms with Crippen molar-refractivity contribution in [2.75, 3.05) is 19.7 Å². The number of aliphatic hydroxyl groups excluding tert-OH is 1. The van der Waals surface area contributed by atoms with Crippen LogP contribution in [0.15, 0.2) is 24.3 Å². The maximum absolute atomic E-state index is 9.07. The number of likely N-dealkylation sites (tertiary alicyclic amines) is 1. The molecule has 2 atom stereocenters. The average molecular weight is 248 g/mol. The molecule has 3 heteroatoms. The number of aryl methyl sites for hydroxylation is 1. The third-order valence-electron chi connectivity index (χ3n) is 3.84. The minimum absolute atomic E-state index is 0.249. The van der Waals surface area contributed by atoms with E-state index in [1.165, 1.54) is 11.1 Å². The molecule has 0 aliphatic carbocycles. The molecule has 2 rings (SSSR count). The van der Waals surface area contributed by atoms with Crippen LogP contribution in [-0.4, -0.2) is 35.7 Å². The van der Waals surface area contributed by atoms with E-state index in [4.69, 9.17) is 10.8 Å². The molecule has 1 aromatic carbocycles. The van der Waals surface area contributed by atoms with E-state index in [-0.39, 0.29) is 12.6 Å². The van der Waals surface area contributed by atoms with Crippen molar-refractivity contribution in [2.24, 2.45) is 11.7 Å². The number of nitrogens with two attached hydrogens (primary N) is 1. The summed E-state index contributed by atoms with van der Waals surface area (Å²) in [6.07, 6.45) is 1.92. The zero-order valence-corrected chi connectivity index (χ0v) is 11.2. The van der Waals surface area contributed by atoms with E-state index >= 15 is 0 Å². The van der Waals surface area contributed by atoms with Crippen LogP contribution in [0.2, 0.25) is 0 Å². The van der Waals surface area contributed by atoms with Crippen molar-refractivity contribution in [3.05, 3.63) is 35.4 Å². The van der Waals surface area contributed by atoms with Gasteiger partial charge in [0.25, 0.3) is 0 Å². The summed E-state index contributed by atoms with van der Waals surface area (Å²) in [5.74, 6) is 0.544. The largest absolute Gasteiger partial charge is 0.396 e. The van der Waals surface area contributed by atoms with Crippen LogP contribution in [0.3, 0.4) is 0 Å². The fourth-order valence-corrected chi connectivity index (χ4v) is 2.90. The van der Waals surface area contributed by atoms with Gasteiger partial charge in [-0.3, -0.25) is 4.90 Å². The Morgan fingerprint density at radius 3 is 2.83 bits per heavy atom. The molecule has 1 aliphatic rings. The van der Waals surface area contributed by atoms with Gasteiger partial charge in [-0.05, 0) is 36.8 Å². The first kappa shape index (κ1) is 13.5. The normalized spacial score (nSPS) is 25.3. The quantitative estimate of drug-likeness (QED) is 0.849. The predicted octanol–water partition coefficient (Wildman–Crippen LogP) is 1.53. The molecule has 1 aliphatic heterocycles. The van der Waals surface area contributed by atoms with Gasteiger partial charge in [-0.2, -0.15) is 0 Å². The number of aliphatic hydroxyl groups is 1. The molecule has 18 heavy (non-hydrogen) atoms. The Kier molecular flexibility index (Phi) is 4.75. The SMILES string of the molecule is Cc1ccccc1CN1CC(N)CC(CCO)C1. The molecule has 2 unspecified atom stereocenters. The summed E-state index contributed by atoms with van der Waals surface area (Å²) in [7, 11) is 0. The van der Waals surface area contributed by atoms with Crippen LogP contribution in [0.5, 0.6) is 0 Å². The second-order valence-electron chi connectivity index (χ2n) is 5.49. The lowest BCUT2D eigenvalue weighted by atomic mass is 9.91. The highest BCUT2D eigenvalue weighted by molar-refractivity contribution is 5.25. The Morgan fingerprint density at radius 1 is 1.33 bits per heavy atom. The molecule has 0 radical (unpaired) electrons. The van der Waals surface area contributed by atoms with E-state index in [9.17, 15) is 0 Å². The molecule has 0 amide bonds. The number of rotatable bonds is 4. The smallest absolute Gasteiger partial charge is 0.0434 e. The van der Waals surface area contributed by atoms with Crippen molar-refractivity contribution in [1.82, 2.24) is 4.90 Å². The summed E-state index contributed by atoms with van der Waals surface area (Å²) in [5, 5.41) is 9.07. The highest BCUT2D eigenvalue weighted by Crippen LogP contribution is 2.21. The highest BCUT2D eigenvalue weighted by atomic mass is 16.3. The van der Waals surface area contributed by atoms with Gasteiger partial charge in [-0.15, -0.1) is 0 Å². The standard InChI is InChI=1S/C15H24N2O/c1-12-4-2-3-5-14(12)10-17-9-13(6-7-18)8-15(16)11-17/h2-5,13,15,18H,6-11,16H2,1H3. The van der Waals surface area contributed by atoms with Gasteiger partial charge in [0.2, 0.25) is 0 Å². The molecule has 1 saturated heterocycles. The third kappa shape index (κ3) is 3.55. The summed E-state index contributed by atoms with van der Waals surface area (Å²) in [4.78, 5) is 2.43. The van der Waals surface area contributed by atoms with E-state index in [1.807, 2.05) is 0 Å². The predicted molar refractivity (Wildman–Crippen MR) is 74.2 cm³/mol. The fraction of sp³-hybridized carbons (Fsp3) is 0.600. The molecule has 0 aromatic heterocycles. The summed E-state index contributed by atoms with van der Waals surface area (Å²) in [5.41, 5.74) is 8.84. The molecule has 1 heterocycles. The van der Waals surface area contributed by atoms with Crippen LogP contribution >= 0.6 is 0 Å². The highest BCUT2D eigenvalue weighted by Gasteiger charge is 2.24. The van der Waals surface area contributed by atoms with Crippen LogP contribution < -0.4 is 5.73 Å². The van der Waals surface area contributed by atoms with Crippen molar-refractivity contribution in [2.45, 2.75) is 32.4 Å². The van der Waals surface area contributed by atoms with Gasteiger partial charge in [0, 0.05) is 32.3 Å². The summed E-state index contributed by atoms with van der Waals surface area (Å²) in [6.45, 7) is 5.43. The Morgan fingerprint density at radius 2 is 2.11 bits per heavy atom. The topological polar surface area (TPSA) is 49.5 Å². The molecular weight excluding hydrogens is 224 g/mol. The number of hydrogen-bond acceptors (Lipinski definition) is 3. The van der Waals surface area contributed by atoms with E-state index in [1.54, 1.807) is 0 Å². The van der Waals surface area contributed by atoms with Gasteiger partial charge in [-0.25, -0.2) is 0 Å². The first-order valence-electron chi connectivity index (χ1n) is 6.82. The van der Waals surface area contributed by atoms with Gasteiger partial charge < -0.3 is 10.8 Å². The van der Waals surface area contributed by atoms with Crippen LogP contribution in [-0.2, 0) is 6.54 Å². The minimum atomic E-state index is 0.249. The van der Waals surface area contributed by atoms with Crippen molar-refractivity contribution < 1.29 is 5.11 Å². The Bertz CT molecular complexity index is 381. The van der Waals surface area contributed by atoms with Crippen LogP contribution in [0.4, 0.5) is 0 Å². The molecule has 1 aromatic rings. The van der Waals surface area contributed by atoms with Crippen LogP contribution in [0.1, 0.15) is 24.0 Å². The summed E-state index contributed by atoms with van der Waals surface area (Å²) in [6, 6.07) is 8.77. The van der Waals surface area contributed by atoms with Crippen molar-refractivity contribution in [1.29, 1.82) is 0 Å². The maximum atomic E-state index is 9.07. The van der Waals surface area contributed by atoms with Crippen LogP contribution in [0, 0.1) is 12.8 Å². The molecule has 1 fully saturated rings. The van der Waals surface area contributed by atoms with Gasteiger partial charge in [0.05, 0.1) is 0 Å². The van der Waals surface area contributed by atoms with E-state index < -0.39 is 0 Å². The maximum Gasteiger partial charge on any atom is 0.0434 e. The first-order chi connectivity index (χ1) is 8.69. The van der Waals surface area contributed by atoms with Gasteiger partial charge >= 0.3 is 0 Å². The molecule has 100 valence electrons. The lowest BCUT2D eigenvalue weighted by molar-refractivity contribution is 0.128. The monoisotopic (exact) mass is 248 g/mol. The Labute approximate surface area is 110 Å². The fourth-order valence-electron chi connectivity index (χ4n) is 2.90. The van der Waals surface area contributed by atoms with E-state index in [2.05, 4.69) is 36.1 Å². The molecule has 3 nitrogen and oxygen atoms in total. The molecule has 0 spiro atoms. The Hall–Kier alpha value is -0.900. The number of hydrogen-bond donors (Lipinski definition) is 2. The lowest BCUT2D eigenvalue weighted by Crippen LogP contribution is -2.46.